The molecular formula is C20H34N4O2. The predicted octanol–water partition coefficient (Wildman–Crippen LogP) is 3.82. The second-order valence-corrected chi connectivity index (χ2v) is 7.12. The Bertz CT molecular complexity index is 614. The summed E-state index contributed by atoms with van der Waals surface area (Å²) in [7, 11) is 3.96. The van der Waals surface area contributed by atoms with Gasteiger partial charge in [-0.3, -0.25) is 4.79 Å². The zero-order valence-corrected chi connectivity index (χ0v) is 17.2. The number of nitrogens with one attached hydrogen (secondary N) is 2. The molecule has 0 saturated heterocycles. The summed E-state index contributed by atoms with van der Waals surface area (Å²) in [6.07, 6.45) is 1.38. The molecule has 3 amide bonds. The molecule has 146 valence electrons. The summed E-state index contributed by atoms with van der Waals surface area (Å²) in [6.45, 7) is 10.4. The van der Waals surface area contributed by atoms with E-state index in [0.29, 0.717) is 13.0 Å². The van der Waals surface area contributed by atoms with E-state index in [0.717, 1.165) is 23.4 Å². The van der Waals surface area contributed by atoms with E-state index in [4.69, 9.17) is 0 Å². The first kappa shape index (κ1) is 21.8. The number of rotatable bonds is 8. The first-order chi connectivity index (χ1) is 12.2. The van der Waals surface area contributed by atoms with Crippen molar-refractivity contribution in [3.8, 4) is 0 Å². The van der Waals surface area contributed by atoms with Crippen LogP contribution in [0.5, 0.6) is 0 Å². The zero-order chi connectivity index (χ0) is 19.9. The van der Waals surface area contributed by atoms with E-state index >= 15 is 0 Å². The fourth-order valence-corrected chi connectivity index (χ4v) is 2.75. The average Bonchev–Trinajstić information content (AvgIpc) is 2.57. The van der Waals surface area contributed by atoms with Crippen molar-refractivity contribution in [3.63, 3.8) is 0 Å². The fraction of sp³-hybridized carbons (Fsp3) is 0.600. The lowest BCUT2D eigenvalue weighted by atomic mass is 10.1. The number of hydrogen-bond donors (Lipinski definition) is 2. The molecule has 1 aromatic rings. The summed E-state index contributed by atoms with van der Waals surface area (Å²) in [6, 6.07) is 5.82. The Hall–Kier alpha value is -2.24. The quantitative estimate of drug-likeness (QED) is 0.739. The van der Waals surface area contributed by atoms with Crippen LogP contribution in [-0.4, -0.2) is 43.0 Å². The first-order valence-electron chi connectivity index (χ1n) is 9.36. The number of amides is 3. The van der Waals surface area contributed by atoms with Crippen LogP contribution >= 0.6 is 0 Å². The molecule has 0 aromatic heterocycles. The minimum atomic E-state index is -0.230. The Morgan fingerprint density at radius 2 is 1.77 bits per heavy atom. The van der Waals surface area contributed by atoms with Crippen LogP contribution < -0.4 is 15.5 Å². The molecule has 0 aliphatic carbocycles. The maximum absolute atomic E-state index is 12.4. The Balaban J connectivity index is 3.14. The highest BCUT2D eigenvalue weighted by molar-refractivity contribution is 5.90. The smallest absolute Gasteiger partial charge is 0.319 e. The number of carbonyl (C=O) groups excluding carboxylic acids is 2. The van der Waals surface area contributed by atoms with E-state index < -0.39 is 0 Å². The van der Waals surface area contributed by atoms with E-state index in [2.05, 4.69) is 24.5 Å². The largest absolute Gasteiger partial charge is 0.377 e. The van der Waals surface area contributed by atoms with Crippen LogP contribution in [0.15, 0.2) is 18.2 Å². The number of urea groups is 1. The van der Waals surface area contributed by atoms with Crippen molar-refractivity contribution in [2.45, 2.75) is 66.1 Å². The molecule has 1 atom stereocenters. The van der Waals surface area contributed by atoms with Gasteiger partial charge in [-0.15, -0.1) is 0 Å². The molecule has 6 heteroatoms. The van der Waals surface area contributed by atoms with Gasteiger partial charge < -0.3 is 20.4 Å². The topological polar surface area (TPSA) is 64.7 Å². The lowest BCUT2D eigenvalue weighted by Crippen LogP contribution is -2.37. The van der Waals surface area contributed by atoms with Gasteiger partial charge in [0.15, 0.2) is 0 Å². The average molecular weight is 363 g/mol. The summed E-state index contributed by atoms with van der Waals surface area (Å²) in [4.78, 5) is 28.3. The van der Waals surface area contributed by atoms with Crippen LogP contribution in [0.25, 0.3) is 0 Å². The second-order valence-electron chi connectivity index (χ2n) is 7.12. The third-order valence-electron chi connectivity index (χ3n) is 4.33. The molecule has 0 heterocycles. The summed E-state index contributed by atoms with van der Waals surface area (Å²) in [5, 5.41) is 5.69. The van der Waals surface area contributed by atoms with Crippen molar-refractivity contribution in [1.82, 2.24) is 10.2 Å². The van der Waals surface area contributed by atoms with Crippen LogP contribution in [0.3, 0.4) is 0 Å². The molecule has 1 aromatic carbocycles. The molecular weight excluding hydrogens is 328 g/mol. The molecule has 0 aliphatic rings. The summed E-state index contributed by atoms with van der Waals surface area (Å²) in [5.41, 5.74) is 2.77. The van der Waals surface area contributed by atoms with Crippen LogP contribution in [-0.2, 0) is 11.3 Å². The van der Waals surface area contributed by atoms with E-state index in [-0.39, 0.29) is 24.0 Å². The van der Waals surface area contributed by atoms with Gasteiger partial charge in [0, 0.05) is 50.5 Å². The lowest BCUT2D eigenvalue weighted by Gasteiger charge is -2.30. The SMILES string of the molecule is CCC(=O)N(Cc1cc(NC(=O)NC(C)C)ccc1N(C)C)C(C)CC. The molecule has 0 radical (unpaired) electrons. The first-order valence-corrected chi connectivity index (χ1v) is 9.36. The maximum Gasteiger partial charge on any atom is 0.319 e. The molecule has 6 nitrogen and oxygen atoms in total. The monoisotopic (exact) mass is 362 g/mol. The van der Waals surface area contributed by atoms with Crippen LogP contribution in [0.4, 0.5) is 16.2 Å². The molecule has 1 rings (SSSR count). The molecule has 0 spiro atoms. The van der Waals surface area contributed by atoms with Crippen LogP contribution in [0.1, 0.15) is 53.0 Å². The van der Waals surface area contributed by atoms with Gasteiger partial charge in [0.1, 0.15) is 0 Å². The van der Waals surface area contributed by atoms with Gasteiger partial charge in [0.25, 0.3) is 0 Å². The Morgan fingerprint density at radius 3 is 2.27 bits per heavy atom. The van der Waals surface area contributed by atoms with Crippen molar-refractivity contribution in [3.05, 3.63) is 23.8 Å². The third kappa shape index (κ3) is 6.24. The van der Waals surface area contributed by atoms with Crippen molar-refractivity contribution < 1.29 is 9.59 Å². The Labute approximate surface area is 157 Å². The van der Waals surface area contributed by atoms with E-state index in [1.54, 1.807) is 0 Å². The molecule has 1 unspecified atom stereocenters. The molecule has 2 N–H and O–H groups in total. The standard InChI is InChI=1S/C20H34N4O2/c1-8-15(5)24(19(25)9-2)13-16-12-17(10-11-18(16)23(6)7)22-20(26)21-14(3)4/h10-12,14-15H,8-9,13H2,1-7H3,(H2,21,22,26). The van der Waals surface area contributed by atoms with Crippen molar-refractivity contribution >= 4 is 23.3 Å². The zero-order valence-electron chi connectivity index (χ0n) is 17.2. The molecule has 26 heavy (non-hydrogen) atoms. The minimum absolute atomic E-state index is 0.0681. The van der Waals surface area contributed by atoms with Crippen LogP contribution in [0.2, 0.25) is 0 Å². The fourth-order valence-electron chi connectivity index (χ4n) is 2.75. The van der Waals surface area contributed by atoms with Crippen molar-refractivity contribution in [2.75, 3.05) is 24.3 Å². The molecule has 0 bridgehead atoms. The van der Waals surface area contributed by atoms with Crippen molar-refractivity contribution in [2.24, 2.45) is 0 Å². The highest BCUT2D eigenvalue weighted by atomic mass is 16.2. The number of carbonyl (C=O) groups is 2. The Kier molecular flexibility index (Phi) is 8.42. The highest BCUT2D eigenvalue weighted by Crippen LogP contribution is 2.26. The Morgan fingerprint density at radius 1 is 1.12 bits per heavy atom. The van der Waals surface area contributed by atoms with Gasteiger partial charge in [-0.2, -0.15) is 0 Å². The summed E-state index contributed by atoms with van der Waals surface area (Å²) < 4.78 is 0. The van der Waals surface area contributed by atoms with Gasteiger partial charge in [-0.1, -0.05) is 13.8 Å². The lowest BCUT2D eigenvalue weighted by molar-refractivity contribution is -0.133. The number of nitrogens with zero attached hydrogens (tertiary/aromatic N) is 2. The maximum atomic E-state index is 12.4. The van der Waals surface area contributed by atoms with E-state index in [1.807, 2.05) is 62.9 Å². The predicted molar refractivity (Wildman–Crippen MR) is 109 cm³/mol. The van der Waals surface area contributed by atoms with Gasteiger partial charge >= 0.3 is 6.03 Å². The normalized spacial score (nSPS) is 11.8. The number of benzene rings is 1. The van der Waals surface area contributed by atoms with Gasteiger partial charge in [-0.25, -0.2) is 4.79 Å². The van der Waals surface area contributed by atoms with Gasteiger partial charge in [0.2, 0.25) is 5.91 Å². The van der Waals surface area contributed by atoms with Crippen molar-refractivity contribution in [1.29, 1.82) is 0 Å². The van der Waals surface area contributed by atoms with Crippen LogP contribution in [0, 0.1) is 0 Å². The third-order valence-corrected chi connectivity index (χ3v) is 4.33. The summed E-state index contributed by atoms with van der Waals surface area (Å²) in [5.74, 6) is 0.139. The van der Waals surface area contributed by atoms with Gasteiger partial charge in [-0.05, 0) is 51.0 Å². The summed E-state index contributed by atoms with van der Waals surface area (Å²) >= 11 is 0. The number of anilines is 2. The highest BCUT2D eigenvalue weighted by Gasteiger charge is 2.20. The van der Waals surface area contributed by atoms with E-state index in [1.165, 1.54) is 0 Å². The van der Waals surface area contributed by atoms with Gasteiger partial charge in [0.05, 0.1) is 0 Å². The number of hydrogen-bond acceptors (Lipinski definition) is 3. The molecule has 0 aliphatic heterocycles. The molecule has 0 saturated carbocycles. The minimum Gasteiger partial charge on any atom is -0.377 e. The molecule has 0 fully saturated rings. The second kappa shape index (κ2) is 10.0. The van der Waals surface area contributed by atoms with E-state index in [9.17, 15) is 9.59 Å².